The predicted octanol–water partition coefficient (Wildman–Crippen LogP) is 22.9. The molecule has 0 aromatic heterocycles. The van der Waals surface area contributed by atoms with Crippen LogP contribution in [0, 0.1) is 0 Å². The van der Waals surface area contributed by atoms with Crippen molar-refractivity contribution in [2.24, 2.45) is 0 Å². The van der Waals surface area contributed by atoms with E-state index >= 15 is 0 Å². The minimum Gasteiger partial charge on any atom is -0.462 e. The topological polar surface area (TPSA) is 78.9 Å². The third-order valence-electron chi connectivity index (χ3n) is 14.7. The van der Waals surface area contributed by atoms with Crippen LogP contribution in [0.3, 0.4) is 0 Å². The number of unbranched alkanes of at least 4 members (excludes halogenated alkanes) is 38. The van der Waals surface area contributed by atoms with Crippen molar-refractivity contribution in [3.8, 4) is 0 Å². The maximum Gasteiger partial charge on any atom is 0.306 e. The van der Waals surface area contributed by atoms with Crippen LogP contribution >= 0.6 is 0 Å². The first-order valence-corrected chi connectivity index (χ1v) is 33.4. The second-order valence-electron chi connectivity index (χ2n) is 22.3. The van der Waals surface area contributed by atoms with E-state index in [9.17, 15) is 14.4 Å². The van der Waals surface area contributed by atoms with E-state index in [-0.39, 0.29) is 31.1 Å². The standard InChI is InChI=1S/C71H126O6/c1-4-7-10-13-16-19-22-25-28-31-33-34-35-36-38-40-43-46-49-52-55-58-61-64-70(73)76-67-68(66-75-69(72)63-60-57-54-51-48-45-42-39-30-27-24-21-18-15-12-9-6-3)77-71(74)65-62-59-56-53-50-47-44-41-37-32-29-26-23-20-17-14-11-8-5-2/h7,10,16,19,25-30,33-34,68H,4-6,8-9,11-15,17-18,20-24,31-32,35-67H2,1-3H3/b10-7-,19-16-,28-25-,29-26-,30-27-,34-33-. The second-order valence-corrected chi connectivity index (χ2v) is 22.3. The highest BCUT2D eigenvalue weighted by Gasteiger charge is 2.19. The highest BCUT2D eigenvalue weighted by Crippen LogP contribution is 2.17. The van der Waals surface area contributed by atoms with Gasteiger partial charge in [-0.2, -0.15) is 0 Å². The average Bonchev–Trinajstić information content (AvgIpc) is 3.43. The Kier molecular flexibility index (Phi) is 62.7. The molecule has 77 heavy (non-hydrogen) atoms. The number of allylic oxidation sites excluding steroid dienone is 12. The van der Waals surface area contributed by atoms with Gasteiger partial charge in [0.1, 0.15) is 13.2 Å². The van der Waals surface area contributed by atoms with Crippen molar-refractivity contribution in [2.75, 3.05) is 13.2 Å². The van der Waals surface area contributed by atoms with E-state index in [4.69, 9.17) is 14.2 Å². The molecule has 0 bridgehead atoms. The zero-order valence-electron chi connectivity index (χ0n) is 51.2. The molecule has 0 rings (SSSR count). The van der Waals surface area contributed by atoms with Crippen molar-refractivity contribution in [3.63, 3.8) is 0 Å². The van der Waals surface area contributed by atoms with Crippen molar-refractivity contribution >= 4 is 17.9 Å². The Morgan fingerprint density at radius 1 is 0.273 bits per heavy atom. The molecule has 0 heterocycles. The largest absolute Gasteiger partial charge is 0.462 e. The molecular weight excluding hydrogens is 949 g/mol. The van der Waals surface area contributed by atoms with E-state index in [2.05, 4.69) is 93.7 Å². The number of rotatable bonds is 61. The van der Waals surface area contributed by atoms with Gasteiger partial charge in [-0.1, -0.05) is 286 Å². The number of carbonyl (C=O) groups is 3. The summed E-state index contributed by atoms with van der Waals surface area (Å²) in [6.07, 6.45) is 84.8. The fraction of sp³-hybridized carbons (Fsp3) is 0.789. The maximum atomic E-state index is 12.9. The first-order chi connectivity index (χ1) is 38.0. The molecule has 0 saturated heterocycles. The van der Waals surface area contributed by atoms with Crippen molar-refractivity contribution < 1.29 is 28.6 Å². The van der Waals surface area contributed by atoms with Gasteiger partial charge in [-0.25, -0.2) is 0 Å². The van der Waals surface area contributed by atoms with Crippen LogP contribution in [0.1, 0.15) is 342 Å². The number of hydrogen-bond acceptors (Lipinski definition) is 6. The summed E-state index contributed by atoms with van der Waals surface area (Å²) in [5.74, 6) is -0.870. The molecule has 0 aromatic rings. The summed E-state index contributed by atoms with van der Waals surface area (Å²) in [7, 11) is 0. The summed E-state index contributed by atoms with van der Waals surface area (Å²) in [5, 5.41) is 0. The molecule has 0 N–H and O–H groups in total. The maximum absolute atomic E-state index is 12.9. The van der Waals surface area contributed by atoms with Crippen LogP contribution in [0.15, 0.2) is 72.9 Å². The van der Waals surface area contributed by atoms with E-state index in [1.165, 1.54) is 218 Å². The van der Waals surface area contributed by atoms with Gasteiger partial charge in [0.15, 0.2) is 6.10 Å². The summed E-state index contributed by atoms with van der Waals surface area (Å²) in [6.45, 7) is 6.56. The Balaban J connectivity index is 4.36. The van der Waals surface area contributed by atoms with Gasteiger partial charge in [0.25, 0.3) is 0 Å². The number of carbonyl (C=O) groups excluding carboxylic acids is 3. The van der Waals surface area contributed by atoms with Crippen molar-refractivity contribution in [3.05, 3.63) is 72.9 Å². The molecule has 0 saturated carbocycles. The van der Waals surface area contributed by atoms with Crippen molar-refractivity contribution in [1.29, 1.82) is 0 Å². The number of ether oxygens (including phenoxy) is 3. The van der Waals surface area contributed by atoms with Crippen molar-refractivity contribution in [1.82, 2.24) is 0 Å². The lowest BCUT2D eigenvalue weighted by Crippen LogP contribution is -2.30. The molecule has 0 amide bonds. The van der Waals surface area contributed by atoms with Crippen LogP contribution < -0.4 is 0 Å². The molecule has 0 aliphatic carbocycles. The third-order valence-corrected chi connectivity index (χ3v) is 14.7. The van der Waals surface area contributed by atoms with Gasteiger partial charge in [0.05, 0.1) is 0 Å². The second kappa shape index (κ2) is 65.4. The first-order valence-electron chi connectivity index (χ1n) is 33.4. The summed E-state index contributed by atoms with van der Waals surface area (Å²) in [6, 6.07) is 0. The molecule has 0 aliphatic rings. The Morgan fingerprint density at radius 2 is 0.506 bits per heavy atom. The monoisotopic (exact) mass is 1070 g/mol. The summed E-state index contributed by atoms with van der Waals surface area (Å²) in [4.78, 5) is 38.4. The molecular formula is C71H126O6. The van der Waals surface area contributed by atoms with Gasteiger partial charge in [-0.05, 0) is 109 Å². The first kappa shape index (κ1) is 73.8. The highest BCUT2D eigenvalue weighted by molar-refractivity contribution is 5.71. The quantitative estimate of drug-likeness (QED) is 0.0261. The zero-order valence-corrected chi connectivity index (χ0v) is 51.2. The molecule has 6 nitrogen and oxygen atoms in total. The van der Waals surface area contributed by atoms with Gasteiger partial charge in [0.2, 0.25) is 0 Å². The molecule has 0 spiro atoms. The number of esters is 3. The van der Waals surface area contributed by atoms with E-state index in [1.54, 1.807) is 0 Å². The molecule has 1 atom stereocenters. The lowest BCUT2D eigenvalue weighted by atomic mass is 10.0. The van der Waals surface area contributed by atoms with E-state index in [0.717, 1.165) is 83.5 Å². The summed E-state index contributed by atoms with van der Waals surface area (Å²) in [5.41, 5.74) is 0. The van der Waals surface area contributed by atoms with Crippen LogP contribution in [0.25, 0.3) is 0 Å². The predicted molar refractivity (Wildman–Crippen MR) is 335 cm³/mol. The van der Waals surface area contributed by atoms with Crippen molar-refractivity contribution in [2.45, 2.75) is 348 Å². The summed E-state index contributed by atoms with van der Waals surface area (Å²) >= 11 is 0. The molecule has 6 heteroatoms. The van der Waals surface area contributed by atoms with Crippen LogP contribution in [0.5, 0.6) is 0 Å². The average molecular weight is 1080 g/mol. The van der Waals surface area contributed by atoms with Gasteiger partial charge in [0, 0.05) is 19.3 Å². The molecule has 1 unspecified atom stereocenters. The van der Waals surface area contributed by atoms with Crippen LogP contribution in [-0.4, -0.2) is 37.2 Å². The molecule has 446 valence electrons. The zero-order chi connectivity index (χ0) is 55.7. The van der Waals surface area contributed by atoms with Crippen LogP contribution in [-0.2, 0) is 28.6 Å². The molecule has 0 fully saturated rings. The van der Waals surface area contributed by atoms with Gasteiger partial charge in [-0.15, -0.1) is 0 Å². The van der Waals surface area contributed by atoms with E-state index < -0.39 is 6.10 Å². The lowest BCUT2D eigenvalue weighted by Gasteiger charge is -2.18. The van der Waals surface area contributed by atoms with Crippen LogP contribution in [0.2, 0.25) is 0 Å². The normalized spacial score (nSPS) is 12.5. The Bertz CT molecular complexity index is 1420. The molecule has 0 radical (unpaired) electrons. The highest BCUT2D eigenvalue weighted by atomic mass is 16.6. The minimum atomic E-state index is -0.781. The molecule has 0 aromatic carbocycles. The van der Waals surface area contributed by atoms with Gasteiger partial charge < -0.3 is 14.2 Å². The van der Waals surface area contributed by atoms with Gasteiger partial charge >= 0.3 is 17.9 Å². The smallest absolute Gasteiger partial charge is 0.306 e. The number of hydrogen-bond donors (Lipinski definition) is 0. The summed E-state index contributed by atoms with van der Waals surface area (Å²) < 4.78 is 17.0. The third kappa shape index (κ3) is 63.6. The Hall–Kier alpha value is -3.15. The van der Waals surface area contributed by atoms with E-state index in [0.29, 0.717) is 19.3 Å². The Labute approximate surface area is 478 Å². The van der Waals surface area contributed by atoms with Crippen LogP contribution in [0.4, 0.5) is 0 Å². The SMILES string of the molecule is CC/C=C\C/C=C\C/C=C\C/C=C\CCCCCCCCCCCCC(=O)OCC(COC(=O)CCCCCCCCC/C=C\CCCCCCCC)OC(=O)CCCCCCCCCCC/C=C\CCCCCCCC. The fourth-order valence-corrected chi connectivity index (χ4v) is 9.66. The van der Waals surface area contributed by atoms with E-state index in [1.807, 2.05) is 0 Å². The fourth-order valence-electron chi connectivity index (χ4n) is 9.66. The Morgan fingerprint density at radius 3 is 0.805 bits per heavy atom. The van der Waals surface area contributed by atoms with Gasteiger partial charge in [-0.3, -0.25) is 14.4 Å². The lowest BCUT2D eigenvalue weighted by molar-refractivity contribution is -0.167. The molecule has 0 aliphatic heterocycles. The minimum absolute atomic E-state index is 0.0774.